The van der Waals surface area contributed by atoms with Gasteiger partial charge in [0.15, 0.2) is 11.6 Å². The molecule has 0 amide bonds. The van der Waals surface area contributed by atoms with Gasteiger partial charge in [-0.1, -0.05) is 121 Å². The largest absolute Gasteiger partial charge is 0.292 e. The van der Waals surface area contributed by atoms with Crippen LogP contribution in [0.1, 0.15) is 17.8 Å². The predicted molar refractivity (Wildman–Crippen MR) is 185 cm³/mol. The van der Waals surface area contributed by atoms with Crippen LogP contribution in [0, 0.1) is 0 Å². The second-order valence-corrected chi connectivity index (χ2v) is 10.2. The predicted octanol–water partition coefficient (Wildman–Crippen LogP) is 9.31. The Kier molecular flexibility index (Phi) is 3.72. The first-order valence-electron chi connectivity index (χ1n) is 20.7. The molecule has 0 fully saturated rings. The molecule has 0 bridgehead atoms. The summed E-state index contributed by atoms with van der Waals surface area (Å²) < 4.78 is 116. The molecule has 0 aliphatic rings. The van der Waals surface area contributed by atoms with E-state index in [0.717, 1.165) is 15.8 Å². The van der Waals surface area contributed by atoms with Crippen LogP contribution in [0.3, 0.4) is 0 Å². The zero-order valence-corrected chi connectivity index (χ0v) is 23.7. The lowest BCUT2D eigenvalue weighted by atomic mass is 10.1. The second-order valence-electron chi connectivity index (χ2n) is 10.2. The summed E-state index contributed by atoms with van der Waals surface area (Å²) in [5.41, 5.74) is 2.13. The Hall–Kier alpha value is -6.40. The Morgan fingerprint density at radius 3 is 1.83 bits per heavy atom. The molecule has 3 heterocycles. The highest BCUT2D eigenvalue weighted by atomic mass is 15.2. The van der Waals surface area contributed by atoms with Gasteiger partial charge in [-0.15, -0.1) is 0 Å². The first-order chi connectivity index (χ1) is 28.2. The molecular weight excluding hydrogens is 564 g/mol. The molecule has 0 radical (unpaired) electrons. The minimum atomic E-state index is -0.665. The fraction of sp³-hybridized carbons (Fsp3) is 0. The molecule has 6 nitrogen and oxygen atoms in total. The summed E-state index contributed by atoms with van der Waals surface area (Å²) in [5, 5.41) is -0.442. The van der Waals surface area contributed by atoms with Gasteiger partial charge < -0.3 is 0 Å². The van der Waals surface area contributed by atoms with Crippen LogP contribution in [-0.4, -0.2) is 29.1 Å². The van der Waals surface area contributed by atoms with Crippen LogP contribution in [-0.2, 0) is 0 Å². The van der Waals surface area contributed by atoms with Gasteiger partial charge in [-0.05, 0) is 36.4 Å². The minimum Gasteiger partial charge on any atom is -0.292 e. The summed E-state index contributed by atoms with van der Waals surface area (Å²) >= 11 is 0. The van der Waals surface area contributed by atoms with Gasteiger partial charge in [-0.25, -0.2) is 9.97 Å². The molecule has 0 aliphatic heterocycles. The average Bonchev–Trinajstić information content (AvgIpc) is 3.83. The molecule has 6 heteroatoms. The highest BCUT2D eigenvalue weighted by Gasteiger charge is 2.22. The van der Waals surface area contributed by atoms with Crippen molar-refractivity contribution in [1.29, 1.82) is 0 Å². The number of fused-ring (bicyclic) bond motifs is 4. The maximum atomic E-state index is 9.04. The maximum absolute atomic E-state index is 9.04. The van der Waals surface area contributed by atoms with Gasteiger partial charge in [0.25, 0.3) is 0 Å². The molecule has 6 aromatic carbocycles. The third kappa shape index (κ3) is 4.19. The normalized spacial score (nSPS) is 15.4. The fourth-order valence-corrected chi connectivity index (χ4v) is 5.60. The van der Waals surface area contributed by atoms with Crippen LogP contribution < -0.4 is 0 Å². The Labute approximate surface area is 283 Å². The first kappa shape index (κ1) is 16.1. The van der Waals surface area contributed by atoms with Crippen molar-refractivity contribution in [3.63, 3.8) is 0 Å². The Morgan fingerprint density at radius 1 is 0.457 bits per heavy atom. The molecule has 46 heavy (non-hydrogen) atoms. The van der Waals surface area contributed by atoms with Crippen molar-refractivity contribution < 1.29 is 17.8 Å². The maximum Gasteiger partial charge on any atom is 0.238 e. The molecule has 0 atom stereocenters. The summed E-state index contributed by atoms with van der Waals surface area (Å²) in [7, 11) is 0. The van der Waals surface area contributed by atoms with Crippen LogP contribution in [0.5, 0.6) is 0 Å². The second kappa shape index (κ2) is 10.6. The minimum absolute atomic E-state index is 0.115. The van der Waals surface area contributed by atoms with Gasteiger partial charge in [0.1, 0.15) is 5.82 Å². The third-order valence-corrected chi connectivity index (χ3v) is 7.56. The van der Waals surface area contributed by atoms with E-state index in [1.165, 1.54) is 0 Å². The number of nitrogens with zero attached hydrogens (tertiary/aromatic N) is 6. The molecule has 9 aromatic rings. The van der Waals surface area contributed by atoms with Crippen LogP contribution in [0.15, 0.2) is 157 Å². The molecule has 0 saturated heterocycles. The standard InChI is InChI=1S/C40H26N6/c1-3-15-27(16-4-1)37-42-38(44-40(43-37)46-34-24-12-9-19-29(34)30-20-10-13-25-35(30)46)31-21-7-8-22-32(31)39-41-33-23-11-14-26-36(33)45(39)28-17-5-2-6-18-28/h1-26H/i1D,3D,4D,9D,10D,12D,13D,15D,16D,19D,20D,24D,25D. The zero-order valence-electron chi connectivity index (χ0n) is 36.7. The average molecular weight is 604 g/mol. The van der Waals surface area contributed by atoms with E-state index in [0.29, 0.717) is 22.5 Å². The van der Waals surface area contributed by atoms with Crippen molar-refractivity contribution >= 4 is 32.8 Å². The summed E-state index contributed by atoms with van der Waals surface area (Å²) in [5.74, 6) is -0.474. The number of benzene rings is 6. The highest BCUT2D eigenvalue weighted by Crippen LogP contribution is 2.36. The fourth-order valence-electron chi connectivity index (χ4n) is 5.60. The summed E-state index contributed by atoms with van der Waals surface area (Å²) in [6.07, 6.45) is 0. The summed E-state index contributed by atoms with van der Waals surface area (Å²) in [6, 6.07) is 15.8. The molecule has 0 saturated carbocycles. The Balaban J connectivity index is 1.45. The van der Waals surface area contributed by atoms with Crippen LogP contribution >= 0.6 is 0 Å². The zero-order chi connectivity index (χ0) is 41.8. The lowest BCUT2D eigenvalue weighted by Crippen LogP contribution is -2.07. The summed E-state index contributed by atoms with van der Waals surface area (Å²) in [6.45, 7) is 0. The van der Waals surface area contributed by atoms with Gasteiger partial charge in [-0.3, -0.25) is 9.13 Å². The number of rotatable bonds is 5. The van der Waals surface area contributed by atoms with Crippen LogP contribution in [0.25, 0.3) is 78.6 Å². The van der Waals surface area contributed by atoms with E-state index < -0.39 is 95.9 Å². The smallest absolute Gasteiger partial charge is 0.238 e. The number of imidazole rings is 1. The highest BCUT2D eigenvalue weighted by molar-refractivity contribution is 6.09. The Bertz CT molecular complexity index is 3170. The first-order valence-corrected chi connectivity index (χ1v) is 14.2. The van der Waals surface area contributed by atoms with Crippen LogP contribution in [0.4, 0.5) is 0 Å². The van der Waals surface area contributed by atoms with E-state index in [1.54, 1.807) is 24.3 Å². The lowest BCUT2D eigenvalue weighted by Gasteiger charge is -2.14. The molecule has 3 aromatic heterocycles. The van der Waals surface area contributed by atoms with Gasteiger partial charge >= 0.3 is 0 Å². The van der Waals surface area contributed by atoms with E-state index in [2.05, 4.69) is 4.98 Å². The molecule has 0 aliphatic carbocycles. The molecule has 216 valence electrons. The van der Waals surface area contributed by atoms with E-state index in [-0.39, 0.29) is 27.6 Å². The van der Waals surface area contributed by atoms with Gasteiger partial charge in [0, 0.05) is 33.2 Å². The van der Waals surface area contributed by atoms with E-state index >= 15 is 0 Å². The molecule has 0 N–H and O–H groups in total. The van der Waals surface area contributed by atoms with Crippen molar-refractivity contribution in [2.24, 2.45) is 0 Å². The number of para-hydroxylation sites is 5. The number of aromatic nitrogens is 6. The van der Waals surface area contributed by atoms with Crippen molar-refractivity contribution in [3.8, 4) is 45.8 Å². The topological polar surface area (TPSA) is 61.4 Å². The monoisotopic (exact) mass is 603 g/mol. The molecule has 9 rings (SSSR count). The quantitative estimate of drug-likeness (QED) is 0.197. The van der Waals surface area contributed by atoms with Gasteiger partial charge in [0.2, 0.25) is 5.95 Å². The lowest BCUT2D eigenvalue weighted by molar-refractivity contribution is 0.953. The number of hydrogen-bond donors (Lipinski definition) is 0. The van der Waals surface area contributed by atoms with Crippen LogP contribution in [0.2, 0.25) is 0 Å². The number of hydrogen-bond acceptors (Lipinski definition) is 4. The van der Waals surface area contributed by atoms with Crippen molar-refractivity contribution in [1.82, 2.24) is 29.1 Å². The van der Waals surface area contributed by atoms with Gasteiger partial charge in [0.05, 0.1) is 39.9 Å². The SMILES string of the molecule is [2H]c1c([2H])c([2H])c(-c2nc(-c3ccccc3-c3nc4ccccc4n3-c3ccccc3)nc(-n3c4c([2H])c([2H])c([2H])c([2H])c4c4c([2H])c([2H])c([2H])c([2H])c43)n2)c([2H])c1[2H]. The Morgan fingerprint density at radius 2 is 1.07 bits per heavy atom. The molecule has 0 unspecified atom stereocenters. The van der Waals surface area contributed by atoms with E-state index in [4.69, 9.17) is 32.8 Å². The van der Waals surface area contributed by atoms with E-state index in [9.17, 15) is 0 Å². The molecule has 0 spiro atoms. The van der Waals surface area contributed by atoms with Crippen molar-refractivity contribution in [2.45, 2.75) is 0 Å². The third-order valence-electron chi connectivity index (χ3n) is 7.56. The van der Waals surface area contributed by atoms with Crippen molar-refractivity contribution in [2.75, 3.05) is 0 Å². The van der Waals surface area contributed by atoms with Gasteiger partial charge in [-0.2, -0.15) is 9.97 Å². The summed E-state index contributed by atoms with van der Waals surface area (Å²) in [4.78, 5) is 19.2. The molecular formula is C40H26N6. The van der Waals surface area contributed by atoms with Crippen molar-refractivity contribution in [3.05, 3.63) is 157 Å². The van der Waals surface area contributed by atoms with E-state index in [1.807, 2.05) is 59.2 Å².